The third kappa shape index (κ3) is 3.99. The molecule has 0 aliphatic heterocycles. The Bertz CT molecular complexity index is 898. The number of ether oxygens (including phenoxy) is 1. The summed E-state index contributed by atoms with van der Waals surface area (Å²) in [5.74, 6) is 1.66. The molecule has 0 amide bonds. The smallest absolute Gasteiger partial charge is 0.191 e. The molecule has 5 nitrogen and oxygen atoms in total. The first-order valence-electron chi connectivity index (χ1n) is 8.85. The number of hydrogen-bond donors (Lipinski definition) is 3. The molecule has 0 saturated carbocycles. The van der Waals surface area contributed by atoms with Gasteiger partial charge in [0.2, 0.25) is 0 Å². The van der Waals surface area contributed by atoms with Gasteiger partial charge in [0.1, 0.15) is 5.75 Å². The standard InChI is InChI=1S/C21H26N4O/c1-15-7-6-9-18-16(13-24-20(15)18)11-12-23-21(22-2)25-14-17-8-4-5-10-19(17)26-3/h4-10,13,24H,11-12,14H2,1-3H3,(H2,22,23,25). The van der Waals surface area contributed by atoms with Crippen molar-refractivity contribution in [3.05, 3.63) is 65.4 Å². The molecule has 1 aromatic heterocycles. The predicted molar refractivity (Wildman–Crippen MR) is 108 cm³/mol. The highest BCUT2D eigenvalue weighted by Crippen LogP contribution is 2.21. The maximum atomic E-state index is 5.39. The molecule has 0 aliphatic rings. The zero-order chi connectivity index (χ0) is 18.4. The van der Waals surface area contributed by atoms with Crippen LogP contribution in [0.25, 0.3) is 10.9 Å². The van der Waals surface area contributed by atoms with Crippen molar-refractivity contribution in [2.45, 2.75) is 19.9 Å². The van der Waals surface area contributed by atoms with Crippen LogP contribution in [0.5, 0.6) is 5.75 Å². The molecule has 136 valence electrons. The Balaban J connectivity index is 1.55. The van der Waals surface area contributed by atoms with Gasteiger partial charge in [-0.05, 0) is 30.5 Å². The highest BCUT2D eigenvalue weighted by Gasteiger charge is 2.06. The number of fused-ring (bicyclic) bond motifs is 1. The summed E-state index contributed by atoms with van der Waals surface area (Å²) in [5.41, 5.74) is 4.92. The van der Waals surface area contributed by atoms with Crippen molar-refractivity contribution in [3.8, 4) is 5.75 Å². The molecule has 0 saturated heterocycles. The number of aryl methyl sites for hydroxylation is 1. The Morgan fingerprint density at radius 3 is 2.73 bits per heavy atom. The number of aromatic amines is 1. The molecular formula is C21H26N4O. The lowest BCUT2D eigenvalue weighted by Crippen LogP contribution is -2.37. The number of methoxy groups -OCH3 is 1. The Morgan fingerprint density at radius 2 is 1.92 bits per heavy atom. The molecule has 2 aromatic carbocycles. The van der Waals surface area contributed by atoms with E-state index in [0.717, 1.165) is 30.2 Å². The number of rotatable bonds is 6. The molecule has 0 spiro atoms. The second-order valence-electron chi connectivity index (χ2n) is 6.23. The average molecular weight is 350 g/mol. The molecule has 5 heteroatoms. The number of nitrogens with one attached hydrogen (secondary N) is 3. The number of nitrogens with zero attached hydrogens (tertiary/aromatic N) is 1. The topological polar surface area (TPSA) is 61.4 Å². The van der Waals surface area contributed by atoms with Crippen LogP contribution in [0.1, 0.15) is 16.7 Å². The zero-order valence-electron chi connectivity index (χ0n) is 15.6. The van der Waals surface area contributed by atoms with Crippen LogP contribution in [0.2, 0.25) is 0 Å². The molecule has 1 heterocycles. The lowest BCUT2D eigenvalue weighted by Gasteiger charge is -2.13. The van der Waals surface area contributed by atoms with Gasteiger partial charge in [-0.25, -0.2) is 0 Å². The van der Waals surface area contributed by atoms with Crippen LogP contribution in [-0.2, 0) is 13.0 Å². The van der Waals surface area contributed by atoms with Crippen molar-refractivity contribution in [3.63, 3.8) is 0 Å². The number of benzene rings is 2. The molecule has 0 aliphatic carbocycles. The Kier molecular flexibility index (Phi) is 5.79. The fourth-order valence-electron chi connectivity index (χ4n) is 3.13. The maximum Gasteiger partial charge on any atom is 0.191 e. The highest BCUT2D eigenvalue weighted by atomic mass is 16.5. The number of aromatic nitrogens is 1. The monoisotopic (exact) mass is 350 g/mol. The maximum absolute atomic E-state index is 5.39. The van der Waals surface area contributed by atoms with E-state index < -0.39 is 0 Å². The van der Waals surface area contributed by atoms with Crippen molar-refractivity contribution in [1.82, 2.24) is 15.6 Å². The Labute approximate surface area is 154 Å². The summed E-state index contributed by atoms with van der Waals surface area (Å²) in [6.07, 6.45) is 3.03. The number of para-hydroxylation sites is 2. The minimum absolute atomic E-state index is 0.663. The minimum atomic E-state index is 0.663. The first-order valence-corrected chi connectivity index (χ1v) is 8.85. The number of aliphatic imine (C=N–C) groups is 1. The normalized spacial score (nSPS) is 11.6. The lowest BCUT2D eigenvalue weighted by atomic mass is 10.1. The summed E-state index contributed by atoms with van der Waals surface area (Å²) < 4.78 is 5.39. The first kappa shape index (κ1) is 17.9. The molecule has 3 N–H and O–H groups in total. The molecule has 0 fully saturated rings. The van der Waals surface area contributed by atoms with E-state index in [2.05, 4.69) is 51.9 Å². The largest absolute Gasteiger partial charge is 0.496 e. The molecule has 3 aromatic rings. The van der Waals surface area contributed by atoms with Crippen LogP contribution >= 0.6 is 0 Å². The van der Waals surface area contributed by atoms with Crippen molar-refractivity contribution in [2.24, 2.45) is 4.99 Å². The fourth-order valence-corrected chi connectivity index (χ4v) is 3.13. The van der Waals surface area contributed by atoms with Crippen molar-refractivity contribution < 1.29 is 4.74 Å². The van der Waals surface area contributed by atoms with Crippen LogP contribution in [0.15, 0.2) is 53.7 Å². The van der Waals surface area contributed by atoms with E-state index >= 15 is 0 Å². The summed E-state index contributed by atoms with van der Waals surface area (Å²) >= 11 is 0. The van der Waals surface area contributed by atoms with E-state index in [1.807, 2.05) is 24.3 Å². The summed E-state index contributed by atoms with van der Waals surface area (Å²) in [6, 6.07) is 14.4. The van der Waals surface area contributed by atoms with Crippen molar-refractivity contribution in [2.75, 3.05) is 20.7 Å². The lowest BCUT2D eigenvalue weighted by molar-refractivity contribution is 0.409. The predicted octanol–water partition coefficient (Wildman–Crippen LogP) is 3.39. The summed E-state index contributed by atoms with van der Waals surface area (Å²) in [6.45, 7) is 3.60. The van der Waals surface area contributed by atoms with E-state index in [-0.39, 0.29) is 0 Å². The van der Waals surface area contributed by atoms with Gasteiger partial charge in [0, 0.05) is 42.8 Å². The van der Waals surface area contributed by atoms with E-state index in [4.69, 9.17) is 4.74 Å². The van der Waals surface area contributed by atoms with Gasteiger partial charge in [0.05, 0.1) is 7.11 Å². The Hall–Kier alpha value is -2.95. The first-order chi connectivity index (χ1) is 12.7. The fraction of sp³-hybridized carbons (Fsp3) is 0.286. The van der Waals surface area contributed by atoms with Crippen molar-refractivity contribution >= 4 is 16.9 Å². The summed E-state index contributed by atoms with van der Waals surface area (Å²) in [7, 11) is 3.47. The summed E-state index contributed by atoms with van der Waals surface area (Å²) in [4.78, 5) is 7.68. The van der Waals surface area contributed by atoms with E-state index in [9.17, 15) is 0 Å². The molecule has 26 heavy (non-hydrogen) atoms. The van der Waals surface area contributed by atoms with E-state index in [1.165, 1.54) is 22.0 Å². The van der Waals surface area contributed by atoms with Gasteiger partial charge >= 0.3 is 0 Å². The minimum Gasteiger partial charge on any atom is -0.496 e. The zero-order valence-corrected chi connectivity index (χ0v) is 15.6. The van der Waals surface area contributed by atoms with Crippen LogP contribution in [0.3, 0.4) is 0 Å². The molecular weight excluding hydrogens is 324 g/mol. The second kappa shape index (κ2) is 8.43. The van der Waals surface area contributed by atoms with Crippen LogP contribution < -0.4 is 15.4 Å². The number of guanidine groups is 1. The SMILES string of the molecule is CN=C(NCCc1c[nH]c2c(C)cccc12)NCc1ccccc1OC. The van der Waals surface area contributed by atoms with Crippen LogP contribution in [0, 0.1) is 6.92 Å². The van der Waals surface area contributed by atoms with Gasteiger partial charge in [-0.2, -0.15) is 0 Å². The molecule has 0 radical (unpaired) electrons. The summed E-state index contributed by atoms with van der Waals surface area (Å²) in [5, 5.41) is 8.01. The van der Waals surface area contributed by atoms with Gasteiger partial charge in [0.15, 0.2) is 5.96 Å². The molecule has 0 unspecified atom stereocenters. The number of H-pyrrole nitrogens is 1. The average Bonchev–Trinajstić information content (AvgIpc) is 3.09. The van der Waals surface area contributed by atoms with Crippen LogP contribution in [0.4, 0.5) is 0 Å². The quantitative estimate of drug-likeness (QED) is 0.472. The van der Waals surface area contributed by atoms with Gasteiger partial charge < -0.3 is 20.4 Å². The number of hydrogen-bond acceptors (Lipinski definition) is 2. The van der Waals surface area contributed by atoms with Crippen molar-refractivity contribution in [1.29, 1.82) is 0 Å². The molecule has 0 atom stereocenters. The van der Waals surface area contributed by atoms with Gasteiger partial charge in [-0.1, -0.05) is 36.4 Å². The third-order valence-corrected chi connectivity index (χ3v) is 4.56. The van der Waals surface area contributed by atoms with E-state index in [1.54, 1.807) is 14.2 Å². The van der Waals surface area contributed by atoms with Gasteiger partial charge in [0.25, 0.3) is 0 Å². The van der Waals surface area contributed by atoms with Gasteiger partial charge in [-0.15, -0.1) is 0 Å². The van der Waals surface area contributed by atoms with Crippen LogP contribution in [-0.4, -0.2) is 31.6 Å². The molecule has 0 bridgehead atoms. The van der Waals surface area contributed by atoms with Gasteiger partial charge in [-0.3, -0.25) is 4.99 Å². The molecule has 3 rings (SSSR count). The second-order valence-corrected chi connectivity index (χ2v) is 6.23. The highest BCUT2D eigenvalue weighted by molar-refractivity contribution is 5.86. The van der Waals surface area contributed by atoms with E-state index in [0.29, 0.717) is 6.54 Å². The Morgan fingerprint density at radius 1 is 1.08 bits per heavy atom. The third-order valence-electron chi connectivity index (χ3n) is 4.56.